The summed E-state index contributed by atoms with van der Waals surface area (Å²) in [5.74, 6) is 2.20. The van der Waals surface area contributed by atoms with Crippen molar-refractivity contribution in [3.8, 4) is 22.8 Å². The molecule has 2 aromatic carbocycles. The highest BCUT2D eigenvalue weighted by Crippen LogP contribution is 2.38. The van der Waals surface area contributed by atoms with Gasteiger partial charge in [0.25, 0.3) is 5.91 Å². The van der Waals surface area contributed by atoms with E-state index in [-0.39, 0.29) is 18.6 Å². The van der Waals surface area contributed by atoms with Crippen LogP contribution in [0.1, 0.15) is 30.3 Å². The van der Waals surface area contributed by atoms with Crippen LogP contribution < -0.4 is 9.47 Å². The lowest BCUT2D eigenvalue weighted by atomic mass is 10.1. The fourth-order valence-electron chi connectivity index (χ4n) is 4.21. The van der Waals surface area contributed by atoms with Crippen LogP contribution in [0.5, 0.6) is 11.5 Å². The number of aromatic nitrogens is 2. The summed E-state index contributed by atoms with van der Waals surface area (Å²) in [6.07, 6.45) is 5.61. The molecule has 0 radical (unpaired) electrons. The van der Waals surface area contributed by atoms with Crippen LogP contribution in [-0.2, 0) is 4.79 Å². The molecule has 0 unspecified atom stereocenters. The van der Waals surface area contributed by atoms with Gasteiger partial charge in [0.15, 0.2) is 11.5 Å². The van der Waals surface area contributed by atoms with Gasteiger partial charge in [-0.15, -0.1) is 0 Å². The number of aromatic amines is 1. The zero-order valence-electron chi connectivity index (χ0n) is 16.8. The summed E-state index contributed by atoms with van der Waals surface area (Å²) in [6.45, 7) is 0.954. The number of ether oxygens (including phenoxy) is 2. The lowest BCUT2D eigenvalue weighted by Crippen LogP contribution is -2.34. The summed E-state index contributed by atoms with van der Waals surface area (Å²) in [4.78, 5) is 23.3. The summed E-state index contributed by atoms with van der Waals surface area (Å²) >= 11 is 0. The van der Waals surface area contributed by atoms with Crippen molar-refractivity contribution >= 4 is 12.0 Å². The summed E-state index contributed by atoms with van der Waals surface area (Å²) < 4.78 is 11.2. The predicted octanol–water partition coefficient (Wildman–Crippen LogP) is 4.22. The first kappa shape index (κ1) is 18.5. The van der Waals surface area contributed by atoms with E-state index in [0.717, 1.165) is 35.5 Å². The largest absolute Gasteiger partial charge is 0.493 e. The molecule has 6 nitrogen and oxygen atoms in total. The Morgan fingerprint density at radius 2 is 2.07 bits per heavy atom. The van der Waals surface area contributed by atoms with Crippen molar-refractivity contribution in [1.29, 1.82) is 0 Å². The molecule has 152 valence electrons. The minimum absolute atomic E-state index is 0.00336. The number of imidazole rings is 1. The van der Waals surface area contributed by atoms with Crippen molar-refractivity contribution in [2.24, 2.45) is 0 Å². The van der Waals surface area contributed by atoms with Crippen LogP contribution in [0.4, 0.5) is 0 Å². The van der Waals surface area contributed by atoms with Gasteiger partial charge >= 0.3 is 0 Å². The Balaban J connectivity index is 1.40. The number of para-hydroxylation sites is 1. The minimum Gasteiger partial charge on any atom is -0.493 e. The van der Waals surface area contributed by atoms with Crippen molar-refractivity contribution in [3.05, 3.63) is 71.7 Å². The van der Waals surface area contributed by atoms with Crippen LogP contribution in [0.3, 0.4) is 0 Å². The second kappa shape index (κ2) is 7.71. The topological polar surface area (TPSA) is 67.5 Å². The van der Waals surface area contributed by atoms with Gasteiger partial charge < -0.3 is 19.4 Å². The van der Waals surface area contributed by atoms with Crippen molar-refractivity contribution < 1.29 is 14.3 Å². The smallest absolute Gasteiger partial charge is 0.253 e. The van der Waals surface area contributed by atoms with Gasteiger partial charge in [-0.3, -0.25) is 4.79 Å². The van der Waals surface area contributed by atoms with Crippen molar-refractivity contribution in [3.63, 3.8) is 0 Å². The third-order valence-corrected chi connectivity index (χ3v) is 5.72. The lowest BCUT2D eigenvalue weighted by Gasteiger charge is -2.26. The van der Waals surface area contributed by atoms with Crippen LogP contribution >= 0.6 is 0 Å². The zero-order chi connectivity index (χ0) is 20.5. The van der Waals surface area contributed by atoms with Crippen LogP contribution in [0.15, 0.2) is 60.3 Å². The number of benzene rings is 2. The molecule has 1 fully saturated rings. The number of hydrogen-bond donors (Lipinski definition) is 1. The van der Waals surface area contributed by atoms with E-state index in [1.807, 2.05) is 65.7 Å². The van der Waals surface area contributed by atoms with Gasteiger partial charge in [-0.2, -0.15) is 0 Å². The van der Waals surface area contributed by atoms with Crippen LogP contribution in [0, 0.1) is 0 Å². The van der Waals surface area contributed by atoms with Crippen LogP contribution in [0.25, 0.3) is 17.3 Å². The number of carbonyl (C=O) groups excluding carboxylic acids is 1. The van der Waals surface area contributed by atoms with Gasteiger partial charge in [0.05, 0.1) is 30.6 Å². The molecular weight excluding hydrogens is 378 g/mol. The molecule has 3 aromatic rings. The molecule has 0 bridgehead atoms. The van der Waals surface area contributed by atoms with Crippen molar-refractivity contribution in [2.75, 3.05) is 20.3 Å². The van der Waals surface area contributed by atoms with Gasteiger partial charge in [0.1, 0.15) is 12.4 Å². The summed E-state index contributed by atoms with van der Waals surface area (Å²) in [5, 5.41) is 0. The molecule has 6 heteroatoms. The number of likely N-dealkylation sites (tertiary alicyclic amines) is 1. The van der Waals surface area contributed by atoms with Gasteiger partial charge in [0, 0.05) is 12.1 Å². The summed E-state index contributed by atoms with van der Waals surface area (Å²) in [6, 6.07) is 15.7. The average Bonchev–Trinajstić information content (AvgIpc) is 3.48. The van der Waals surface area contributed by atoms with Crippen molar-refractivity contribution in [1.82, 2.24) is 14.9 Å². The van der Waals surface area contributed by atoms with E-state index in [4.69, 9.17) is 9.47 Å². The first-order valence-corrected chi connectivity index (χ1v) is 10.2. The van der Waals surface area contributed by atoms with Gasteiger partial charge in [-0.05, 0) is 30.5 Å². The SMILES string of the molecule is COc1cccc2c1OCC(C(=O)N1CCC[C@H]1c1ncc(-c3ccccc3)[nH]1)=C2. The van der Waals surface area contributed by atoms with E-state index in [0.29, 0.717) is 23.6 Å². The summed E-state index contributed by atoms with van der Waals surface area (Å²) in [7, 11) is 1.62. The Morgan fingerprint density at radius 3 is 2.90 bits per heavy atom. The zero-order valence-corrected chi connectivity index (χ0v) is 16.8. The maximum Gasteiger partial charge on any atom is 0.253 e. The molecule has 1 N–H and O–H groups in total. The highest BCUT2D eigenvalue weighted by atomic mass is 16.5. The van der Waals surface area contributed by atoms with Gasteiger partial charge in [-0.25, -0.2) is 4.98 Å². The lowest BCUT2D eigenvalue weighted by molar-refractivity contribution is -0.128. The third-order valence-electron chi connectivity index (χ3n) is 5.72. The molecular formula is C24H23N3O3. The van der Waals surface area contributed by atoms with E-state index in [1.165, 1.54) is 0 Å². The minimum atomic E-state index is -0.0532. The monoisotopic (exact) mass is 401 g/mol. The Morgan fingerprint density at radius 1 is 1.20 bits per heavy atom. The maximum atomic E-state index is 13.3. The number of hydrogen-bond acceptors (Lipinski definition) is 4. The Hall–Kier alpha value is -3.54. The van der Waals surface area contributed by atoms with Gasteiger partial charge in [-0.1, -0.05) is 42.5 Å². The van der Waals surface area contributed by atoms with Crippen molar-refractivity contribution in [2.45, 2.75) is 18.9 Å². The number of nitrogens with zero attached hydrogens (tertiary/aromatic N) is 2. The number of methoxy groups -OCH3 is 1. The molecule has 1 amide bonds. The number of carbonyl (C=O) groups is 1. The predicted molar refractivity (Wildman–Crippen MR) is 114 cm³/mol. The molecule has 3 heterocycles. The normalized spacial score (nSPS) is 17.8. The summed E-state index contributed by atoms with van der Waals surface area (Å²) in [5.41, 5.74) is 3.56. The van der Waals surface area contributed by atoms with E-state index in [1.54, 1.807) is 7.11 Å². The number of fused-ring (bicyclic) bond motifs is 1. The van der Waals surface area contributed by atoms with Crippen LogP contribution in [0.2, 0.25) is 0 Å². The second-order valence-corrected chi connectivity index (χ2v) is 7.54. The Kier molecular flexibility index (Phi) is 4.75. The Bertz CT molecular complexity index is 1100. The highest BCUT2D eigenvalue weighted by molar-refractivity contribution is 5.99. The Labute approximate surface area is 175 Å². The number of H-pyrrole nitrogens is 1. The molecule has 30 heavy (non-hydrogen) atoms. The molecule has 1 saturated heterocycles. The quantitative estimate of drug-likeness (QED) is 0.711. The molecule has 1 aromatic heterocycles. The highest BCUT2D eigenvalue weighted by Gasteiger charge is 2.34. The molecule has 5 rings (SSSR count). The van der Waals surface area contributed by atoms with Crippen LogP contribution in [-0.4, -0.2) is 41.0 Å². The third kappa shape index (κ3) is 3.24. The number of nitrogens with one attached hydrogen (secondary N) is 1. The van der Waals surface area contributed by atoms with Gasteiger partial charge in [0.2, 0.25) is 0 Å². The molecule has 1 atom stereocenters. The molecule has 0 spiro atoms. The second-order valence-electron chi connectivity index (χ2n) is 7.54. The molecule has 2 aliphatic rings. The average molecular weight is 401 g/mol. The maximum absolute atomic E-state index is 13.3. The van der Waals surface area contributed by atoms with E-state index in [9.17, 15) is 4.79 Å². The fourth-order valence-corrected chi connectivity index (χ4v) is 4.21. The number of rotatable bonds is 4. The van der Waals surface area contributed by atoms with E-state index < -0.39 is 0 Å². The van der Waals surface area contributed by atoms with E-state index in [2.05, 4.69) is 9.97 Å². The molecule has 0 aliphatic carbocycles. The first-order valence-electron chi connectivity index (χ1n) is 10.2. The standard InChI is InChI=1S/C24H23N3O3/c1-29-21-11-5-9-17-13-18(15-30-22(17)21)24(28)27-12-6-10-20(27)23-25-14-19(26-23)16-7-3-2-4-8-16/h2-5,7-9,11,13-14,20H,6,10,12,15H2,1H3,(H,25,26)/t20-/m0/s1. The first-order chi connectivity index (χ1) is 14.7. The van der Waals surface area contributed by atoms with E-state index >= 15 is 0 Å². The number of amides is 1. The molecule has 0 saturated carbocycles. The molecule has 2 aliphatic heterocycles. The fraction of sp³-hybridized carbons (Fsp3) is 0.250.